The monoisotopic (exact) mass is 267 g/mol. The summed E-state index contributed by atoms with van der Waals surface area (Å²) >= 11 is 0. The normalized spacial score (nSPS) is 18.8. The minimum absolute atomic E-state index is 0.0632. The second-order valence-electron chi connectivity index (χ2n) is 3.90. The SMILES string of the molecule is O=C1NC=C(F)C(O)N1Cc1ccc([N+](=O)[O-])cc1. The lowest BCUT2D eigenvalue weighted by molar-refractivity contribution is -0.384. The van der Waals surface area contributed by atoms with Crippen molar-refractivity contribution < 1.29 is 19.2 Å². The third kappa shape index (κ3) is 2.68. The molecule has 19 heavy (non-hydrogen) atoms. The van der Waals surface area contributed by atoms with Gasteiger partial charge in [0.1, 0.15) is 0 Å². The molecular formula is C11H10FN3O4. The number of nitrogens with zero attached hydrogens (tertiary/aromatic N) is 2. The number of nitro groups is 1. The number of benzene rings is 1. The van der Waals surface area contributed by atoms with Gasteiger partial charge in [-0.15, -0.1) is 0 Å². The van der Waals surface area contributed by atoms with Gasteiger partial charge in [-0.25, -0.2) is 9.18 Å². The average Bonchev–Trinajstić information content (AvgIpc) is 2.40. The Bertz CT molecular complexity index is 543. The first-order valence-corrected chi connectivity index (χ1v) is 5.33. The fourth-order valence-electron chi connectivity index (χ4n) is 1.63. The summed E-state index contributed by atoms with van der Waals surface area (Å²) in [5.74, 6) is -0.874. The number of hydrogen-bond acceptors (Lipinski definition) is 4. The number of nitrogens with one attached hydrogen (secondary N) is 1. The van der Waals surface area contributed by atoms with E-state index in [2.05, 4.69) is 5.32 Å². The van der Waals surface area contributed by atoms with Crippen LogP contribution in [-0.2, 0) is 6.54 Å². The Labute approximate surface area is 107 Å². The number of rotatable bonds is 3. The van der Waals surface area contributed by atoms with E-state index < -0.39 is 23.0 Å². The van der Waals surface area contributed by atoms with Crippen molar-refractivity contribution in [3.8, 4) is 0 Å². The highest BCUT2D eigenvalue weighted by atomic mass is 19.1. The molecular weight excluding hydrogens is 257 g/mol. The minimum atomic E-state index is -1.65. The molecule has 1 unspecified atom stereocenters. The number of amides is 2. The number of halogens is 1. The average molecular weight is 267 g/mol. The number of urea groups is 1. The van der Waals surface area contributed by atoms with E-state index in [9.17, 15) is 24.4 Å². The Morgan fingerprint density at radius 2 is 2.05 bits per heavy atom. The molecule has 1 aromatic rings. The van der Waals surface area contributed by atoms with Crippen molar-refractivity contribution >= 4 is 11.7 Å². The van der Waals surface area contributed by atoms with E-state index >= 15 is 0 Å². The van der Waals surface area contributed by atoms with Crippen molar-refractivity contribution in [2.45, 2.75) is 12.8 Å². The lowest BCUT2D eigenvalue weighted by Gasteiger charge is -2.29. The van der Waals surface area contributed by atoms with Crippen LogP contribution in [0.5, 0.6) is 0 Å². The summed E-state index contributed by atoms with van der Waals surface area (Å²) < 4.78 is 13.1. The molecule has 0 saturated carbocycles. The van der Waals surface area contributed by atoms with Gasteiger partial charge in [0.05, 0.1) is 11.5 Å². The second kappa shape index (κ2) is 5.02. The number of hydrogen-bond donors (Lipinski definition) is 2. The van der Waals surface area contributed by atoms with E-state index in [4.69, 9.17) is 0 Å². The third-order valence-corrected chi connectivity index (χ3v) is 2.64. The second-order valence-corrected chi connectivity index (χ2v) is 3.90. The summed E-state index contributed by atoms with van der Waals surface area (Å²) in [6.45, 7) is -0.0632. The van der Waals surface area contributed by atoms with Gasteiger partial charge in [0.25, 0.3) is 5.69 Å². The molecule has 1 atom stereocenters. The summed E-state index contributed by atoms with van der Waals surface area (Å²) in [7, 11) is 0. The van der Waals surface area contributed by atoms with Gasteiger partial charge in [-0.05, 0) is 5.56 Å². The summed E-state index contributed by atoms with van der Waals surface area (Å²) in [6, 6.07) is 4.78. The van der Waals surface area contributed by atoms with Crippen LogP contribution in [0.3, 0.4) is 0 Å². The molecule has 1 aliphatic heterocycles. The fraction of sp³-hybridized carbons (Fsp3) is 0.182. The van der Waals surface area contributed by atoms with Crippen molar-refractivity contribution in [2.75, 3.05) is 0 Å². The quantitative estimate of drug-likeness (QED) is 0.636. The molecule has 0 fully saturated rings. The maximum Gasteiger partial charge on any atom is 0.324 e. The number of carbonyl (C=O) groups is 1. The van der Waals surface area contributed by atoms with Crippen LogP contribution < -0.4 is 5.32 Å². The van der Waals surface area contributed by atoms with Gasteiger partial charge in [0, 0.05) is 18.3 Å². The van der Waals surface area contributed by atoms with Crippen LogP contribution >= 0.6 is 0 Å². The minimum Gasteiger partial charge on any atom is -0.367 e. The van der Waals surface area contributed by atoms with Gasteiger partial charge in [-0.3, -0.25) is 15.0 Å². The largest absolute Gasteiger partial charge is 0.367 e. The smallest absolute Gasteiger partial charge is 0.324 e. The van der Waals surface area contributed by atoms with Gasteiger partial charge < -0.3 is 10.4 Å². The summed E-state index contributed by atoms with van der Waals surface area (Å²) in [6.07, 6.45) is -0.858. The first kappa shape index (κ1) is 13.0. The van der Waals surface area contributed by atoms with Crippen LogP contribution in [0.2, 0.25) is 0 Å². The topological polar surface area (TPSA) is 95.7 Å². The zero-order chi connectivity index (χ0) is 14.0. The zero-order valence-electron chi connectivity index (χ0n) is 9.62. The molecule has 1 heterocycles. The Balaban J connectivity index is 2.14. The Morgan fingerprint density at radius 3 is 2.63 bits per heavy atom. The molecule has 0 bridgehead atoms. The van der Waals surface area contributed by atoms with Crippen molar-refractivity contribution in [2.24, 2.45) is 0 Å². The molecule has 2 rings (SSSR count). The van der Waals surface area contributed by atoms with Gasteiger partial charge in [-0.2, -0.15) is 0 Å². The van der Waals surface area contributed by atoms with Gasteiger partial charge in [-0.1, -0.05) is 12.1 Å². The molecule has 0 aliphatic carbocycles. The molecule has 1 aliphatic rings. The summed E-state index contributed by atoms with van der Waals surface area (Å²) in [4.78, 5) is 22.3. The van der Waals surface area contributed by atoms with Crippen molar-refractivity contribution in [1.82, 2.24) is 10.2 Å². The van der Waals surface area contributed by atoms with Crippen LogP contribution in [0.1, 0.15) is 5.56 Å². The Hall–Kier alpha value is -2.48. The van der Waals surface area contributed by atoms with E-state index in [-0.39, 0.29) is 12.2 Å². The maximum atomic E-state index is 13.1. The molecule has 100 valence electrons. The van der Waals surface area contributed by atoms with Crippen LogP contribution in [0.15, 0.2) is 36.3 Å². The van der Waals surface area contributed by atoms with Crippen LogP contribution in [-0.4, -0.2) is 27.2 Å². The number of non-ortho nitro benzene ring substituents is 1. The lowest BCUT2D eigenvalue weighted by Crippen LogP contribution is -2.48. The van der Waals surface area contributed by atoms with Crippen molar-refractivity contribution in [3.05, 3.63) is 52.0 Å². The van der Waals surface area contributed by atoms with Gasteiger partial charge in [0.2, 0.25) is 0 Å². The molecule has 7 nitrogen and oxygen atoms in total. The first-order chi connectivity index (χ1) is 8.99. The van der Waals surface area contributed by atoms with Gasteiger partial charge >= 0.3 is 6.03 Å². The van der Waals surface area contributed by atoms with E-state index in [0.29, 0.717) is 5.56 Å². The zero-order valence-corrected chi connectivity index (χ0v) is 9.62. The fourth-order valence-corrected chi connectivity index (χ4v) is 1.63. The Kier molecular flexibility index (Phi) is 3.43. The highest BCUT2D eigenvalue weighted by Crippen LogP contribution is 2.18. The molecule has 0 aromatic heterocycles. The number of carbonyl (C=O) groups excluding carboxylic acids is 1. The molecule has 0 spiro atoms. The Morgan fingerprint density at radius 1 is 1.42 bits per heavy atom. The summed E-state index contributed by atoms with van der Waals surface area (Å²) in [5.41, 5.74) is 0.452. The van der Waals surface area contributed by atoms with Gasteiger partial charge in [0.15, 0.2) is 12.1 Å². The third-order valence-electron chi connectivity index (χ3n) is 2.64. The van der Waals surface area contributed by atoms with E-state index in [1.165, 1.54) is 24.3 Å². The molecule has 8 heteroatoms. The highest BCUT2D eigenvalue weighted by Gasteiger charge is 2.29. The van der Waals surface area contributed by atoms with Crippen LogP contribution in [0.4, 0.5) is 14.9 Å². The maximum absolute atomic E-state index is 13.1. The van der Waals surface area contributed by atoms with Crippen LogP contribution in [0, 0.1) is 10.1 Å². The highest BCUT2D eigenvalue weighted by molar-refractivity contribution is 5.77. The summed E-state index contributed by atoms with van der Waals surface area (Å²) in [5, 5.41) is 22.2. The lowest BCUT2D eigenvalue weighted by atomic mass is 10.2. The standard InChI is InChI=1S/C11H10FN3O4/c12-9-5-13-11(17)14(10(9)16)6-7-1-3-8(4-2-7)15(18)19/h1-5,10,16H,6H2,(H,13,17). The number of aliphatic hydroxyl groups excluding tert-OH is 1. The van der Waals surface area contributed by atoms with Crippen molar-refractivity contribution in [1.29, 1.82) is 0 Å². The molecule has 2 amide bonds. The predicted octanol–water partition coefficient (Wildman–Crippen LogP) is 1.25. The molecule has 0 radical (unpaired) electrons. The van der Waals surface area contributed by atoms with E-state index in [1.807, 2.05) is 0 Å². The predicted molar refractivity (Wildman–Crippen MR) is 62.4 cm³/mol. The van der Waals surface area contributed by atoms with E-state index in [1.54, 1.807) is 0 Å². The first-order valence-electron chi connectivity index (χ1n) is 5.33. The van der Waals surface area contributed by atoms with Crippen LogP contribution in [0.25, 0.3) is 0 Å². The molecule has 0 saturated heterocycles. The molecule has 1 aromatic carbocycles. The molecule has 2 N–H and O–H groups in total. The number of nitro benzene ring substituents is 1. The van der Waals surface area contributed by atoms with Crippen molar-refractivity contribution in [3.63, 3.8) is 0 Å². The van der Waals surface area contributed by atoms with E-state index in [0.717, 1.165) is 11.1 Å². The number of aliphatic hydroxyl groups is 1.